The molecule has 0 saturated carbocycles. The number of nitriles is 1. The molecule has 0 spiro atoms. The van der Waals surface area contributed by atoms with E-state index in [1.807, 2.05) is 6.07 Å². The zero-order chi connectivity index (χ0) is 17.0. The number of aryl methyl sites for hydroxylation is 1. The first-order valence-electron chi connectivity index (χ1n) is 6.64. The number of nitrogens with zero attached hydrogens (tertiary/aromatic N) is 2. The Bertz CT molecular complexity index is 819. The van der Waals surface area contributed by atoms with Gasteiger partial charge in [-0.15, -0.1) is 6.07 Å². The van der Waals surface area contributed by atoms with Crippen LogP contribution in [0.3, 0.4) is 0 Å². The summed E-state index contributed by atoms with van der Waals surface area (Å²) in [6.07, 6.45) is -2.70. The van der Waals surface area contributed by atoms with Crippen molar-refractivity contribution in [2.45, 2.75) is 19.9 Å². The van der Waals surface area contributed by atoms with E-state index in [1.54, 1.807) is 25.1 Å². The summed E-state index contributed by atoms with van der Waals surface area (Å²) in [5.41, 5.74) is 0.791. The fourth-order valence-electron chi connectivity index (χ4n) is 2.14. The molecule has 1 aromatic carbocycles. The van der Waals surface area contributed by atoms with Crippen LogP contribution in [-0.4, -0.2) is 17.6 Å². The molecule has 2 aromatic rings. The van der Waals surface area contributed by atoms with Crippen LogP contribution < -0.4 is 10.3 Å². The summed E-state index contributed by atoms with van der Waals surface area (Å²) in [6, 6.07) is 10.8. The van der Waals surface area contributed by atoms with Crippen LogP contribution in [0.4, 0.5) is 8.78 Å². The molecule has 1 aromatic heterocycles. The van der Waals surface area contributed by atoms with E-state index in [2.05, 4.69) is 6.07 Å². The smallest absolute Gasteiger partial charge is 0.256 e. The maximum absolute atomic E-state index is 12.8. The van der Waals surface area contributed by atoms with Crippen LogP contribution in [0.1, 0.15) is 5.56 Å². The fraction of sp³-hybridized carbons (Fsp3) is 0.250. The van der Waals surface area contributed by atoms with Crippen molar-refractivity contribution in [3.63, 3.8) is 0 Å². The predicted octanol–water partition coefficient (Wildman–Crippen LogP) is 3.44. The summed E-state index contributed by atoms with van der Waals surface area (Å²) in [6.45, 7) is 0.882. The molecule has 1 heterocycles. The van der Waals surface area contributed by atoms with Crippen molar-refractivity contribution in [3.05, 3.63) is 51.3 Å². The third kappa shape index (κ3) is 4.86. The Morgan fingerprint density at radius 3 is 2.75 bits per heavy atom. The molecule has 8 heteroatoms. The number of alkyl halides is 2. The molecule has 0 atom stereocenters. The number of rotatable bonds is 5. The van der Waals surface area contributed by atoms with Crippen LogP contribution in [0, 0.1) is 24.3 Å². The molecule has 2 rings (SSSR count). The minimum atomic E-state index is -2.70. The Morgan fingerprint density at radius 1 is 1.46 bits per heavy atom. The van der Waals surface area contributed by atoms with E-state index < -0.39 is 18.5 Å². The van der Waals surface area contributed by atoms with E-state index in [9.17, 15) is 13.6 Å². The average molecular weight is 427 g/mol. The molecule has 4 nitrogen and oxygen atoms in total. The zero-order valence-electron chi connectivity index (χ0n) is 12.7. The van der Waals surface area contributed by atoms with Gasteiger partial charge in [-0.05, 0) is 12.1 Å². The first-order valence-corrected chi connectivity index (χ1v) is 7.01. The Labute approximate surface area is 167 Å². The second kappa shape index (κ2) is 9.26. The first-order chi connectivity index (χ1) is 10.9. The molecular formula is C16H12ClF2N2O2Y-. The van der Waals surface area contributed by atoms with Crippen molar-refractivity contribution >= 4 is 11.6 Å². The van der Waals surface area contributed by atoms with E-state index in [0.29, 0.717) is 16.9 Å². The molecule has 0 fully saturated rings. The van der Waals surface area contributed by atoms with Crippen LogP contribution in [0.25, 0.3) is 11.3 Å². The summed E-state index contributed by atoms with van der Waals surface area (Å²) >= 11 is 5.72. The SMILES string of the molecule is Cc1cc(OCC#N)ccc1-c1[c-]cc(Cl)c(=O)n1CC(F)F.[Y]. The van der Waals surface area contributed by atoms with E-state index in [1.165, 1.54) is 6.07 Å². The Balaban J connectivity index is 0.00000288. The number of hydrogen-bond donors (Lipinski definition) is 0. The summed E-state index contributed by atoms with van der Waals surface area (Å²) in [7, 11) is 0. The van der Waals surface area contributed by atoms with Gasteiger partial charge in [-0.3, -0.25) is 4.79 Å². The van der Waals surface area contributed by atoms with E-state index in [-0.39, 0.29) is 50.0 Å². The van der Waals surface area contributed by atoms with E-state index in [0.717, 1.165) is 4.57 Å². The zero-order valence-corrected chi connectivity index (χ0v) is 16.3. The number of hydrogen-bond acceptors (Lipinski definition) is 3. The van der Waals surface area contributed by atoms with Gasteiger partial charge in [0.05, 0.1) is 6.54 Å². The normalized spacial score (nSPS) is 10.2. The third-order valence-corrected chi connectivity index (χ3v) is 3.40. The number of halogens is 3. The molecule has 0 aliphatic heterocycles. The molecule has 0 unspecified atom stereocenters. The van der Waals surface area contributed by atoms with Gasteiger partial charge in [-0.1, -0.05) is 23.7 Å². The van der Waals surface area contributed by atoms with Gasteiger partial charge in [0.1, 0.15) is 11.8 Å². The van der Waals surface area contributed by atoms with Crippen LogP contribution >= 0.6 is 11.6 Å². The van der Waals surface area contributed by atoms with Crippen LogP contribution in [0.2, 0.25) is 5.02 Å². The molecule has 24 heavy (non-hydrogen) atoms. The van der Waals surface area contributed by atoms with Crippen LogP contribution in [0.5, 0.6) is 5.75 Å². The van der Waals surface area contributed by atoms with Crippen molar-refractivity contribution < 1.29 is 46.2 Å². The molecule has 123 valence electrons. The van der Waals surface area contributed by atoms with Gasteiger partial charge in [-0.2, -0.15) is 29.0 Å². The quantitative estimate of drug-likeness (QED) is 0.688. The average Bonchev–Trinajstić information content (AvgIpc) is 2.50. The van der Waals surface area contributed by atoms with Crippen LogP contribution in [0.15, 0.2) is 29.1 Å². The van der Waals surface area contributed by atoms with Gasteiger partial charge in [0.25, 0.3) is 6.43 Å². The van der Waals surface area contributed by atoms with Crippen molar-refractivity contribution in [3.8, 4) is 23.1 Å². The molecule has 0 aliphatic carbocycles. The van der Waals surface area contributed by atoms with Crippen molar-refractivity contribution in [1.29, 1.82) is 5.26 Å². The Morgan fingerprint density at radius 2 is 2.17 bits per heavy atom. The van der Waals surface area contributed by atoms with Crippen molar-refractivity contribution in [2.24, 2.45) is 0 Å². The van der Waals surface area contributed by atoms with Gasteiger partial charge in [0.15, 0.2) is 6.61 Å². The maximum atomic E-state index is 12.8. The molecule has 0 saturated heterocycles. The molecule has 0 N–H and O–H groups in total. The number of ether oxygens (including phenoxy) is 1. The van der Waals surface area contributed by atoms with E-state index in [4.69, 9.17) is 21.6 Å². The van der Waals surface area contributed by atoms with Crippen LogP contribution in [-0.2, 0) is 39.3 Å². The predicted molar refractivity (Wildman–Crippen MR) is 81.8 cm³/mol. The van der Waals surface area contributed by atoms with Crippen molar-refractivity contribution in [2.75, 3.05) is 6.61 Å². The topological polar surface area (TPSA) is 55.0 Å². The summed E-state index contributed by atoms with van der Waals surface area (Å²) < 4.78 is 31.6. The summed E-state index contributed by atoms with van der Waals surface area (Å²) in [4.78, 5) is 12.0. The molecule has 0 bridgehead atoms. The standard InChI is InChI=1S/C16H12ClF2N2O2.Y/c1-10-8-11(23-7-6-20)2-3-12(10)14-5-4-13(17)16(22)21(14)9-15(18)19;/h2-4,8,15H,7,9H2,1H3;/q-1;. The molecular weight excluding hydrogens is 415 g/mol. The van der Waals surface area contributed by atoms with Gasteiger partial charge in [0.2, 0.25) is 5.56 Å². The van der Waals surface area contributed by atoms with Gasteiger partial charge >= 0.3 is 0 Å². The number of benzene rings is 1. The number of aromatic nitrogens is 1. The monoisotopic (exact) mass is 426 g/mol. The maximum Gasteiger partial charge on any atom is 0.256 e. The summed E-state index contributed by atoms with van der Waals surface area (Å²) in [5.74, 6) is 0.476. The first kappa shape index (κ1) is 20.8. The van der Waals surface area contributed by atoms with Gasteiger partial charge in [0, 0.05) is 37.7 Å². The second-order valence-corrected chi connectivity index (χ2v) is 5.12. The van der Waals surface area contributed by atoms with Gasteiger partial charge < -0.3 is 9.30 Å². The Hall–Kier alpha value is -1.29. The number of pyridine rings is 1. The Kier molecular flexibility index (Phi) is 8.01. The van der Waals surface area contributed by atoms with Gasteiger partial charge in [-0.25, -0.2) is 8.78 Å². The fourth-order valence-corrected chi connectivity index (χ4v) is 2.30. The minimum Gasteiger partial charge on any atom is -0.479 e. The van der Waals surface area contributed by atoms with E-state index >= 15 is 0 Å². The molecule has 0 amide bonds. The molecule has 1 radical (unpaired) electrons. The third-order valence-electron chi connectivity index (χ3n) is 3.13. The summed E-state index contributed by atoms with van der Waals surface area (Å²) in [5, 5.41) is 8.34. The minimum absolute atomic E-state index is 0. The second-order valence-electron chi connectivity index (χ2n) is 4.72. The molecule has 0 aliphatic rings. The van der Waals surface area contributed by atoms with Crippen molar-refractivity contribution in [1.82, 2.24) is 4.57 Å². The largest absolute Gasteiger partial charge is 0.479 e.